The Labute approximate surface area is 252 Å². The highest BCUT2D eigenvalue weighted by atomic mass is 16.5. The van der Waals surface area contributed by atoms with Crippen LogP contribution in [0.4, 0.5) is 4.79 Å². The second kappa shape index (κ2) is 13.5. The molecule has 5 rings (SSSR count). The molecular formula is C30H41BN6O6. The minimum absolute atomic E-state index is 0.104. The molecule has 1 aromatic heterocycles. The van der Waals surface area contributed by atoms with Crippen molar-refractivity contribution in [2.75, 3.05) is 52.5 Å². The van der Waals surface area contributed by atoms with Crippen LogP contribution in [0.1, 0.15) is 32.3 Å². The van der Waals surface area contributed by atoms with Gasteiger partial charge in [-0.25, -0.2) is 4.79 Å². The zero-order valence-electron chi connectivity index (χ0n) is 24.9. The standard InChI is InChI=1S/C30H41BN6O6/c1-30(2,36-12-10-35(11-13-36)24-19-42-20-24)15-22(16-32)28(38)37-9-5-6-23(37)17-33-29(39)34-27(31(40)41)14-21-18-43-26-8-4-3-7-25(21)26/h3-4,7-8,15,18,23-24,27,40-41H,5-6,9-14,17,19-20H2,1-2H3,(H2,33,34,39)/t23-,27?/m1/s1. The lowest BCUT2D eigenvalue weighted by atomic mass is 9.76. The summed E-state index contributed by atoms with van der Waals surface area (Å²) in [4.78, 5) is 32.7. The number of piperazine rings is 1. The molecule has 3 saturated heterocycles. The number of furan rings is 1. The van der Waals surface area contributed by atoms with E-state index in [0.717, 1.165) is 56.8 Å². The van der Waals surface area contributed by atoms with Crippen LogP contribution in [0.2, 0.25) is 0 Å². The summed E-state index contributed by atoms with van der Waals surface area (Å²) in [7, 11) is -1.79. The summed E-state index contributed by atoms with van der Waals surface area (Å²) in [6.45, 7) is 9.86. The fourth-order valence-electron chi connectivity index (χ4n) is 6.24. The third-order valence-electron chi connectivity index (χ3n) is 8.93. The molecule has 1 unspecified atom stereocenters. The molecule has 230 valence electrons. The van der Waals surface area contributed by atoms with E-state index in [4.69, 9.17) is 9.15 Å². The Balaban J connectivity index is 1.15. The lowest BCUT2D eigenvalue weighted by Crippen LogP contribution is -2.59. The Morgan fingerprint density at radius 1 is 1.19 bits per heavy atom. The average Bonchev–Trinajstić information content (AvgIpc) is 3.61. The number of fused-ring (bicyclic) bond motifs is 1. The molecule has 3 aliphatic rings. The monoisotopic (exact) mass is 592 g/mol. The van der Waals surface area contributed by atoms with Crippen LogP contribution in [0, 0.1) is 11.3 Å². The molecule has 3 amide bonds. The summed E-state index contributed by atoms with van der Waals surface area (Å²) in [5.74, 6) is -1.30. The third-order valence-corrected chi connectivity index (χ3v) is 8.93. The molecule has 3 fully saturated rings. The number of amides is 3. The van der Waals surface area contributed by atoms with Crippen molar-refractivity contribution in [2.45, 2.75) is 56.7 Å². The number of carbonyl (C=O) groups excluding carboxylic acids is 2. The van der Waals surface area contributed by atoms with Crippen LogP contribution in [0.25, 0.3) is 11.0 Å². The lowest BCUT2D eigenvalue weighted by Gasteiger charge is -2.46. The molecule has 4 N–H and O–H groups in total. The van der Waals surface area contributed by atoms with Crippen molar-refractivity contribution in [1.29, 1.82) is 5.26 Å². The van der Waals surface area contributed by atoms with Gasteiger partial charge in [-0.05, 0) is 50.8 Å². The number of para-hydroxylation sites is 1. The number of nitrogens with one attached hydrogen (secondary N) is 2. The second-order valence-electron chi connectivity index (χ2n) is 12.2. The van der Waals surface area contributed by atoms with Gasteiger partial charge in [-0.3, -0.25) is 14.6 Å². The smallest absolute Gasteiger partial charge is 0.464 e. The van der Waals surface area contributed by atoms with E-state index in [9.17, 15) is 24.9 Å². The SMILES string of the molecule is CC(C)(C=C(C#N)C(=O)N1CCC[C@@H]1CNC(=O)NC(Cc1coc2ccccc12)B(O)O)N1CCN(C2COC2)CC1. The average molecular weight is 593 g/mol. The molecule has 0 bridgehead atoms. The van der Waals surface area contributed by atoms with E-state index < -0.39 is 24.6 Å². The Kier molecular flexibility index (Phi) is 9.73. The van der Waals surface area contributed by atoms with Crippen LogP contribution < -0.4 is 10.6 Å². The highest BCUT2D eigenvalue weighted by Gasteiger charge is 2.36. The van der Waals surface area contributed by atoms with Crippen molar-refractivity contribution in [3.8, 4) is 6.07 Å². The summed E-state index contributed by atoms with van der Waals surface area (Å²) < 4.78 is 10.9. The number of hydrogen-bond acceptors (Lipinski definition) is 9. The highest BCUT2D eigenvalue weighted by Crippen LogP contribution is 2.25. The molecule has 0 aliphatic carbocycles. The van der Waals surface area contributed by atoms with Gasteiger partial charge in [0, 0.05) is 56.2 Å². The number of rotatable bonds is 10. The van der Waals surface area contributed by atoms with Crippen LogP contribution in [0.5, 0.6) is 0 Å². The van der Waals surface area contributed by atoms with Gasteiger partial charge in [-0.15, -0.1) is 0 Å². The summed E-state index contributed by atoms with van der Waals surface area (Å²) in [6.07, 6.45) is 4.94. The molecule has 0 spiro atoms. The molecule has 43 heavy (non-hydrogen) atoms. The molecule has 1 aromatic carbocycles. The molecule has 13 heteroatoms. The van der Waals surface area contributed by atoms with E-state index in [1.165, 1.54) is 0 Å². The van der Waals surface area contributed by atoms with Crippen LogP contribution in [-0.2, 0) is 16.0 Å². The van der Waals surface area contributed by atoms with Crippen molar-refractivity contribution in [1.82, 2.24) is 25.3 Å². The first-order chi connectivity index (χ1) is 20.7. The first kappa shape index (κ1) is 31.0. The van der Waals surface area contributed by atoms with Gasteiger partial charge in [0.2, 0.25) is 0 Å². The molecular weight excluding hydrogens is 551 g/mol. The van der Waals surface area contributed by atoms with Gasteiger partial charge in [0.05, 0.1) is 31.5 Å². The normalized spacial score (nSPS) is 21.3. The maximum Gasteiger partial charge on any atom is 0.475 e. The molecule has 0 radical (unpaired) electrons. The number of likely N-dealkylation sites (tertiary alicyclic amines) is 1. The first-order valence-electron chi connectivity index (χ1n) is 15.0. The van der Waals surface area contributed by atoms with Gasteiger partial charge < -0.3 is 34.7 Å². The zero-order chi connectivity index (χ0) is 30.6. The highest BCUT2D eigenvalue weighted by molar-refractivity contribution is 6.43. The Morgan fingerprint density at radius 3 is 2.60 bits per heavy atom. The van der Waals surface area contributed by atoms with Crippen molar-refractivity contribution < 1.29 is 28.8 Å². The maximum absolute atomic E-state index is 13.5. The second-order valence-corrected chi connectivity index (χ2v) is 12.2. The minimum Gasteiger partial charge on any atom is -0.464 e. The largest absolute Gasteiger partial charge is 0.475 e. The molecule has 0 saturated carbocycles. The molecule has 3 aliphatic heterocycles. The van der Waals surface area contributed by atoms with Crippen molar-refractivity contribution in [3.05, 3.63) is 47.7 Å². The summed E-state index contributed by atoms with van der Waals surface area (Å²) >= 11 is 0. The van der Waals surface area contributed by atoms with Gasteiger partial charge in [-0.1, -0.05) is 18.2 Å². The molecule has 12 nitrogen and oxygen atoms in total. The number of hydrogen-bond donors (Lipinski definition) is 4. The quantitative estimate of drug-likeness (QED) is 0.179. The van der Waals surface area contributed by atoms with Crippen molar-refractivity contribution in [2.24, 2.45) is 0 Å². The van der Waals surface area contributed by atoms with E-state index in [1.807, 2.05) is 38.1 Å². The maximum atomic E-state index is 13.5. The molecule has 4 heterocycles. The number of carbonyl (C=O) groups is 2. The predicted octanol–water partition coefficient (Wildman–Crippen LogP) is 0.891. The number of ether oxygens (including phenoxy) is 1. The minimum atomic E-state index is -1.79. The van der Waals surface area contributed by atoms with Gasteiger partial charge in [-0.2, -0.15) is 5.26 Å². The van der Waals surface area contributed by atoms with Crippen LogP contribution in [0.3, 0.4) is 0 Å². The Hall–Kier alpha value is -3.41. The van der Waals surface area contributed by atoms with E-state index >= 15 is 0 Å². The Bertz CT molecular complexity index is 1360. The first-order valence-corrected chi connectivity index (χ1v) is 15.0. The fraction of sp³-hybridized carbons (Fsp3) is 0.567. The van der Waals surface area contributed by atoms with Gasteiger partial charge in [0.1, 0.15) is 17.2 Å². The van der Waals surface area contributed by atoms with Crippen LogP contribution >= 0.6 is 0 Å². The van der Waals surface area contributed by atoms with E-state index in [1.54, 1.807) is 17.2 Å². The third kappa shape index (κ3) is 7.22. The van der Waals surface area contributed by atoms with E-state index in [-0.39, 0.29) is 30.5 Å². The van der Waals surface area contributed by atoms with Gasteiger partial charge in [0.25, 0.3) is 5.91 Å². The predicted molar refractivity (Wildman–Crippen MR) is 161 cm³/mol. The zero-order valence-corrected chi connectivity index (χ0v) is 24.9. The van der Waals surface area contributed by atoms with E-state index in [0.29, 0.717) is 24.6 Å². The number of urea groups is 1. The van der Waals surface area contributed by atoms with Crippen molar-refractivity contribution >= 4 is 30.0 Å². The van der Waals surface area contributed by atoms with Crippen molar-refractivity contribution in [3.63, 3.8) is 0 Å². The summed E-state index contributed by atoms with van der Waals surface area (Å²) in [6, 6.07) is 9.18. The lowest BCUT2D eigenvalue weighted by molar-refractivity contribution is -0.127. The van der Waals surface area contributed by atoms with E-state index in [2.05, 4.69) is 26.5 Å². The molecule has 2 aromatic rings. The molecule has 2 atom stereocenters. The van der Waals surface area contributed by atoms with Crippen LogP contribution in [0.15, 0.2) is 46.6 Å². The number of nitriles is 1. The topological polar surface area (TPSA) is 155 Å². The number of nitrogens with zero attached hydrogens (tertiary/aromatic N) is 4. The Morgan fingerprint density at radius 2 is 1.93 bits per heavy atom. The number of benzene rings is 1. The van der Waals surface area contributed by atoms with Gasteiger partial charge >= 0.3 is 13.1 Å². The fourth-order valence-corrected chi connectivity index (χ4v) is 6.24. The summed E-state index contributed by atoms with van der Waals surface area (Å²) in [5, 5.41) is 36.1. The van der Waals surface area contributed by atoms with Gasteiger partial charge in [0.15, 0.2) is 0 Å². The summed E-state index contributed by atoms with van der Waals surface area (Å²) in [5.41, 5.74) is 1.05. The van der Waals surface area contributed by atoms with Crippen LogP contribution in [-0.4, -0.2) is 120 Å².